The molecule has 2 aromatic carbocycles. The highest BCUT2D eigenvalue weighted by Crippen LogP contribution is 2.41. The lowest BCUT2D eigenvalue weighted by atomic mass is 9.90. The smallest absolute Gasteiger partial charge is 0.119 e. The highest BCUT2D eigenvalue weighted by molar-refractivity contribution is 14.1. The molecule has 0 spiro atoms. The minimum absolute atomic E-state index is 0.636. The molecule has 0 radical (unpaired) electrons. The first-order chi connectivity index (χ1) is 11.1. The first kappa shape index (κ1) is 16.9. The van der Waals surface area contributed by atoms with Gasteiger partial charge in [0.05, 0.1) is 17.2 Å². The van der Waals surface area contributed by atoms with Crippen molar-refractivity contribution in [2.24, 2.45) is 0 Å². The lowest BCUT2D eigenvalue weighted by Crippen LogP contribution is -1.97. The summed E-state index contributed by atoms with van der Waals surface area (Å²) in [5.74, 6) is 0.830. The van der Waals surface area contributed by atoms with Gasteiger partial charge < -0.3 is 4.74 Å². The molecule has 23 heavy (non-hydrogen) atoms. The van der Waals surface area contributed by atoms with Crippen molar-refractivity contribution in [3.63, 3.8) is 0 Å². The van der Waals surface area contributed by atoms with Crippen molar-refractivity contribution in [2.75, 3.05) is 7.11 Å². The maximum atomic E-state index is 6.48. The first-order valence-corrected chi connectivity index (χ1v) is 9.12. The zero-order chi connectivity index (χ0) is 16.4. The van der Waals surface area contributed by atoms with Crippen LogP contribution in [0.3, 0.4) is 0 Å². The van der Waals surface area contributed by atoms with Crippen LogP contribution in [-0.2, 0) is 0 Å². The molecule has 0 unspecified atom stereocenters. The third-order valence-electron chi connectivity index (χ3n) is 3.88. The van der Waals surface area contributed by atoms with Gasteiger partial charge in [0, 0.05) is 3.57 Å². The van der Waals surface area contributed by atoms with Crippen LogP contribution in [0.4, 0.5) is 0 Å². The van der Waals surface area contributed by atoms with E-state index >= 15 is 0 Å². The Bertz CT molecular complexity index is 809. The maximum absolute atomic E-state index is 6.48. The molecular formula is C19H15Cl2IO. The van der Waals surface area contributed by atoms with Gasteiger partial charge in [-0.3, -0.25) is 0 Å². The van der Waals surface area contributed by atoms with E-state index in [9.17, 15) is 0 Å². The molecule has 3 rings (SSSR count). The Morgan fingerprint density at radius 3 is 2.61 bits per heavy atom. The fourth-order valence-corrected chi connectivity index (χ4v) is 3.79. The van der Waals surface area contributed by atoms with Crippen LogP contribution < -0.4 is 4.74 Å². The number of hydrogen-bond donors (Lipinski definition) is 0. The van der Waals surface area contributed by atoms with Gasteiger partial charge in [-0.15, -0.1) is 0 Å². The van der Waals surface area contributed by atoms with E-state index in [0.717, 1.165) is 40.9 Å². The Morgan fingerprint density at radius 1 is 1.04 bits per heavy atom. The fraction of sp³-hybridized carbons (Fsp3) is 0.158. The van der Waals surface area contributed by atoms with E-state index < -0.39 is 0 Å². The highest BCUT2D eigenvalue weighted by atomic mass is 127. The second-order valence-corrected chi connectivity index (χ2v) is 7.34. The Hall–Kier alpha value is -0.970. The lowest BCUT2D eigenvalue weighted by molar-refractivity contribution is 0.415. The summed E-state index contributed by atoms with van der Waals surface area (Å²) in [6.07, 6.45) is 3.77. The van der Waals surface area contributed by atoms with Gasteiger partial charge in [-0.25, -0.2) is 0 Å². The average Bonchev–Trinajstić information content (AvgIpc) is 2.57. The number of allylic oxidation sites excluding steroid dienone is 4. The van der Waals surface area contributed by atoms with Crippen molar-refractivity contribution in [2.45, 2.75) is 12.8 Å². The van der Waals surface area contributed by atoms with Gasteiger partial charge in [0.25, 0.3) is 0 Å². The highest BCUT2D eigenvalue weighted by Gasteiger charge is 2.18. The molecule has 118 valence electrons. The number of halogens is 3. The van der Waals surface area contributed by atoms with Gasteiger partial charge in [-0.05, 0) is 82.0 Å². The predicted molar refractivity (Wildman–Crippen MR) is 107 cm³/mol. The van der Waals surface area contributed by atoms with E-state index in [1.165, 1.54) is 3.57 Å². The fourth-order valence-electron chi connectivity index (χ4n) is 2.75. The van der Waals surface area contributed by atoms with Crippen molar-refractivity contribution in [3.8, 4) is 16.9 Å². The minimum atomic E-state index is 0.636. The van der Waals surface area contributed by atoms with Gasteiger partial charge >= 0.3 is 0 Å². The van der Waals surface area contributed by atoms with Gasteiger partial charge in [-0.2, -0.15) is 0 Å². The summed E-state index contributed by atoms with van der Waals surface area (Å²) in [6, 6.07) is 14.5. The Kier molecular flexibility index (Phi) is 5.34. The van der Waals surface area contributed by atoms with Crippen molar-refractivity contribution < 1.29 is 4.74 Å². The standard InChI is InChI=1S/C19H15Cl2IO/c1-23-14-8-9-15(16-6-3-7-18(20)19(16)21)17(11-14)12-4-2-5-13(22)10-12/h2,4-5,7-11H,3,6H2,1H3. The summed E-state index contributed by atoms with van der Waals surface area (Å²) < 4.78 is 6.60. The molecule has 2 aromatic rings. The second kappa shape index (κ2) is 7.29. The second-order valence-electron chi connectivity index (χ2n) is 5.31. The molecular weight excluding hydrogens is 442 g/mol. The molecule has 0 heterocycles. The molecule has 0 amide bonds. The number of methoxy groups -OCH3 is 1. The van der Waals surface area contributed by atoms with Crippen molar-refractivity contribution >= 4 is 51.4 Å². The molecule has 1 aliphatic rings. The number of ether oxygens (including phenoxy) is 1. The van der Waals surface area contributed by atoms with Crippen LogP contribution >= 0.6 is 45.8 Å². The summed E-state index contributed by atoms with van der Waals surface area (Å²) in [7, 11) is 1.68. The molecule has 4 heteroatoms. The third-order valence-corrected chi connectivity index (χ3v) is 5.42. The Balaban J connectivity index is 2.22. The number of rotatable bonds is 3. The van der Waals surface area contributed by atoms with E-state index in [1.807, 2.05) is 12.1 Å². The molecule has 0 aromatic heterocycles. The molecule has 0 atom stereocenters. The quantitative estimate of drug-likeness (QED) is 0.459. The first-order valence-electron chi connectivity index (χ1n) is 7.29. The van der Waals surface area contributed by atoms with Crippen molar-refractivity contribution in [1.82, 2.24) is 0 Å². The van der Waals surface area contributed by atoms with Crippen LogP contribution in [0.15, 0.2) is 58.6 Å². The van der Waals surface area contributed by atoms with E-state index in [2.05, 4.69) is 59.0 Å². The summed E-state index contributed by atoms with van der Waals surface area (Å²) in [5.41, 5.74) is 4.47. The normalized spacial score (nSPS) is 14.7. The van der Waals surface area contributed by atoms with Crippen LogP contribution in [0.2, 0.25) is 0 Å². The summed E-state index contributed by atoms with van der Waals surface area (Å²) in [5, 5.41) is 1.28. The van der Waals surface area contributed by atoms with E-state index in [4.69, 9.17) is 27.9 Å². The van der Waals surface area contributed by atoms with Crippen LogP contribution in [-0.4, -0.2) is 7.11 Å². The van der Waals surface area contributed by atoms with Crippen LogP contribution in [0.25, 0.3) is 16.7 Å². The molecule has 0 saturated carbocycles. The molecule has 0 bridgehead atoms. The third kappa shape index (κ3) is 3.59. The predicted octanol–water partition coefficient (Wildman–Crippen LogP) is 6.83. The van der Waals surface area contributed by atoms with Crippen molar-refractivity contribution in [1.29, 1.82) is 0 Å². The van der Waals surface area contributed by atoms with E-state index in [-0.39, 0.29) is 0 Å². The maximum Gasteiger partial charge on any atom is 0.119 e. The molecule has 0 saturated heterocycles. The zero-order valence-corrected chi connectivity index (χ0v) is 16.2. The molecule has 1 nitrogen and oxygen atoms in total. The van der Waals surface area contributed by atoms with Gasteiger partial charge in [0.1, 0.15) is 5.75 Å². The van der Waals surface area contributed by atoms with Crippen LogP contribution in [0.1, 0.15) is 18.4 Å². The summed E-state index contributed by atoms with van der Waals surface area (Å²) in [6.45, 7) is 0. The van der Waals surface area contributed by atoms with Crippen molar-refractivity contribution in [3.05, 3.63) is 67.7 Å². The number of benzene rings is 2. The lowest BCUT2D eigenvalue weighted by Gasteiger charge is -2.19. The monoisotopic (exact) mass is 456 g/mol. The van der Waals surface area contributed by atoms with E-state index in [0.29, 0.717) is 10.1 Å². The summed E-state index contributed by atoms with van der Waals surface area (Å²) >= 11 is 15.0. The van der Waals surface area contributed by atoms with E-state index in [1.54, 1.807) is 7.11 Å². The van der Waals surface area contributed by atoms with Crippen LogP contribution in [0, 0.1) is 3.57 Å². The average molecular weight is 457 g/mol. The summed E-state index contributed by atoms with van der Waals surface area (Å²) in [4.78, 5) is 0. The van der Waals surface area contributed by atoms with Gasteiger partial charge in [0.15, 0.2) is 0 Å². The molecule has 0 aliphatic heterocycles. The minimum Gasteiger partial charge on any atom is -0.497 e. The molecule has 0 fully saturated rings. The number of hydrogen-bond acceptors (Lipinski definition) is 1. The van der Waals surface area contributed by atoms with Gasteiger partial charge in [0.2, 0.25) is 0 Å². The Morgan fingerprint density at radius 2 is 1.87 bits per heavy atom. The largest absolute Gasteiger partial charge is 0.497 e. The topological polar surface area (TPSA) is 9.23 Å². The van der Waals surface area contributed by atoms with Crippen LogP contribution in [0.5, 0.6) is 5.75 Å². The van der Waals surface area contributed by atoms with Gasteiger partial charge in [-0.1, -0.05) is 47.5 Å². The molecule has 1 aliphatic carbocycles. The zero-order valence-electron chi connectivity index (χ0n) is 12.6. The SMILES string of the molecule is COc1ccc(C2=C(Cl)C(Cl)=CCC2)c(-c2cccc(I)c2)c1. The molecule has 0 N–H and O–H groups in total. The Labute approximate surface area is 160 Å².